The standard InChI is InChI=1S/C24H29NO5S/c1-2-3-4-5-6-7-8-9-10-23(26)30-21-15-11-19(12-16-21)24(27)31-22-17-13-20(14-18-22)25(28)29/h11-18H,2-10H2,1H3. The number of rotatable bonds is 13. The molecular weight excluding hydrogens is 414 g/mol. The van der Waals surface area contributed by atoms with Crippen LogP contribution in [0.1, 0.15) is 75.1 Å². The van der Waals surface area contributed by atoms with Gasteiger partial charge in [0.05, 0.1) is 4.92 Å². The van der Waals surface area contributed by atoms with Gasteiger partial charge in [0.2, 0.25) is 5.12 Å². The van der Waals surface area contributed by atoms with Gasteiger partial charge in [-0.3, -0.25) is 19.7 Å². The quantitative estimate of drug-likeness (QED) is 0.0830. The van der Waals surface area contributed by atoms with Crippen LogP contribution >= 0.6 is 11.8 Å². The number of carbonyl (C=O) groups excluding carboxylic acids is 2. The molecular formula is C24H29NO5S. The largest absolute Gasteiger partial charge is 0.427 e. The predicted octanol–water partition coefficient (Wildman–Crippen LogP) is 6.96. The predicted molar refractivity (Wildman–Crippen MR) is 123 cm³/mol. The minimum Gasteiger partial charge on any atom is -0.427 e. The average molecular weight is 444 g/mol. The molecule has 0 radical (unpaired) electrons. The molecule has 0 aliphatic rings. The Morgan fingerprint density at radius 3 is 2.03 bits per heavy atom. The number of nitro benzene ring substituents is 1. The molecule has 0 aromatic heterocycles. The van der Waals surface area contributed by atoms with Crippen molar-refractivity contribution in [2.75, 3.05) is 0 Å². The fourth-order valence-corrected chi connectivity index (χ4v) is 3.79. The van der Waals surface area contributed by atoms with Crippen LogP contribution in [0.2, 0.25) is 0 Å². The van der Waals surface area contributed by atoms with E-state index >= 15 is 0 Å². The van der Waals surface area contributed by atoms with Gasteiger partial charge in [-0.05, 0) is 54.6 Å². The van der Waals surface area contributed by atoms with Crippen molar-refractivity contribution in [1.29, 1.82) is 0 Å². The van der Waals surface area contributed by atoms with E-state index in [-0.39, 0.29) is 16.8 Å². The highest BCUT2D eigenvalue weighted by Crippen LogP contribution is 2.26. The monoisotopic (exact) mass is 443 g/mol. The Bertz CT molecular complexity index is 849. The van der Waals surface area contributed by atoms with Crippen LogP contribution in [0.5, 0.6) is 5.75 Å². The molecule has 0 atom stereocenters. The lowest BCUT2D eigenvalue weighted by Gasteiger charge is -2.06. The molecule has 0 fully saturated rings. The van der Waals surface area contributed by atoms with Crippen LogP contribution in [0.25, 0.3) is 0 Å². The van der Waals surface area contributed by atoms with E-state index in [0.717, 1.165) is 31.0 Å². The van der Waals surface area contributed by atoms with Crippen molar-refractivity contribution in [3.63, 3.8) is 0 Å². The normalized spacial score (nSPS) is 10.6. The lowest BCUT2D eigenvalue weighted by atomic mass is 10.1. The Kier molecular flexibility index (Phi) is 10.8. The van der Waals surface area contributed by atoms with E-state index in [2.05, 4.69) is 6.92 Å². The second-order valence-corrected chi connectivity index (χ2v) is 8.41. The van der Waals surface area contributed by atoms with Crippen molar-refractivity contribution in [2.45, 2.75) is 69.6 Å². The third-order valence-electron chi connectivity index (χ3n) is 4.81. The van der Waals surface area contributed by atoms with Gasteiger partial charge in [0.15, 0.2) is 0 Å². The number of unbranched alkanes of at least 4 members (excludes halogenated alkanes) is 7. The lowest BCUT2D eigenvalue weighted by Crippen LogP contribution is -2.07. The Labute approximate surface area is 187 Å². The Hall–Kier alpha value is -2.67. The molecule has 0 aliphatic heterocycles. The summed E-state index contributed by atoms with van der Waals surface area (Å²) < 4.78 is 5.34. The number of ether oxygens (including phenoxy) is 1. The fraction of sp³-hybridized carbons (Fsp3) is 0.417. The number of benzene rings is 2. The third-order valence-corrected chi connectivity index (χ3v) is 5.74. The number of esters is 1. The number of thioether (sulfide) groups is 1. The fourth-order valence-electron chi connectivity index (χ4n) is 3.05. The molecule has 0 heterocycles. The summed E-state index contributed by atoms with van der Waals surface area (Å²) in [6, 6.07) is 12.3. The molecule has 6 nitrogen and oxygen atoms in total. The first kappa shape index (κ1) is 24.6. The maximum absolute atomic E-state index is 12.4. The van der Waals surface area contributed by atoms with Gasteiger partial charge in [-0.15, -0.1) is 0 Å². The Morgan fingerprint density at radius 1 is 0.871 bits per heavy atom. The number of nitrogens with zero attached hydrogens (tertiary/aromatic N) is 1. The van der Waals surface area contributed by atoms with Gasteiger partial charge in [0.1, 0.15) is 5.75 Å². The number of hydrogen-bond donors (Lipinski definition) is 0. The summed E-state index contributed by atoms with van der Waals surface area (Å²) >= 11 is 0.989. The number of carbonyl (C=O) groups is 2. The molecule has 31 heavy (non-hydrogen) atoms. The van der Waals surface area contributed by atoms with Gasteiger partial charge < -0.3 is 4.74 Å². The topological polar surface area (TPSA) is 86.5 Å². The Balaban J connectivity index is 1.71. The molecule has 0 spiro atoms. The first-order valence-electron chi connectivity index (χ1n) is 10.8. The SMILES string of the molecule is CCCCCCCCCCC(=O)Oc1ccc(C(=O)Sc2ccc([N+](=O)[O-])cc2)cc1. The molecule has 2 aromatic rings. The third kappa shape index (κ3) is 9.34. The molecule has 0 aliphatic carbocycles. The van der Waals surface area contributed by atoms with Crippen LogP contribution in [-0.2, 0) is 4.79 Å². The zero-order valence-corrected chi connectivity index (χ0v) is 18.7. The number of nitro groups is 1. The van der Waals surface area contributed by atoms with Crippen LogP contribution in [0.4, 0.5) is 5.69 Å². The molecule has 2 rings (SSSR count). The van der Waals surface area contributed by atoms with Gasteiger partial charge in [-0.25, -0.2) is 0 Å². The van der Waals surface area contributed by atoms with E-state index in [9.17, 15) is 19.7 Å². The average Bonchev–Trinajstić information content (AvgIpc) is 2.76. The molecule has 0 amide bonds. The van der Waals surface area contributed by atoms with Crippen molar-refractivity contribution in [1.82, 2.24) is 0 Å². The van der Waals surface area contributed by atoms with E-state index in [4.69, 9.17) is 4.74 Å². The molecule has 0 N–H and O–H groups in total. The lowest BCUT2D eigenvalue weighted by molar-refractivity contribution is -0.384. The van der Waals surface area contributed by atoms with Crippen LogP contribution in [0.15, 0.2) is 53.4 Å². The first-order valence-corrected chi connectivity index (χ1v) is 11.6. The van der Waals surface area contributed by atoms with E-state index in [1.54, 1.807) is 36.4 Å². The van der Waals surface area contributed by atoms with Crippen molar-refractivity contribution < 1.29 is 19.2 Å². The van der Waals surface area contributed by atoms with Crippen LogP contribution in [0, 0.1) is 10.1 Å². The highest BCUT2D eigenvalue weighted by atomic mass is 32.2. The molecule has 0 unspecified atom stereocenters. The van der Waals surface area contributed by atoms with Crippen molar-refractivity contribution in [3.05, 3.63) is 64.2 Å². The summed E-state index contributed by atoms with van der Waals surface area (Å²) in [5.41, 5.74) is 0.446. The van der Waals surface area contributed by atoms with Gasteiger partial charge in [-0.1, -0.05) is 51.9 Å². The second kappa shape index (κ2) is 13.6. The molecule has 0 bridgehead atoms. The molecule has 2 aromatic carbocycles. The van der Waals surface area contributed by atoms with Gasteiger partial charge >= 0.3 is 5.97 Å². The molecule has 7 heteroatoms. The maximum atomic E-state index is 12.4. The van der Waals surface area contributed by atoms with Crippen LogP contribution < -0.4 is 4.74 Å². The minimum absolute atomic E-state index is 0.0186. The summed E-state index contributed by atoms with van der Waals surface area (Å²) in [4.78, 5) is 35.2. The molecule has 0 saturated carbocycles. The second-order valence-electron chi connectivity index (χ2n) is 7.36. The zero-order valence-electron chi connectivity index (χ0n) is 17.9. The summed E-state index contributed by atoms with van der Waals surface area (Å²) in [6.45, 7) is 2.21. The van der Waals surface area contributed by atoms with Crippen molar-refractivity contribution in [3.8, 4) is 5.75 Å². The molecule has 166 valence electrons. The highest BCUT2D eigenvalue weighted by molar-refractivity contribution is 8.14. The first-order chi connectivity index (χ1) is 15.0. The van der Waals surface area contributed by atoms with E-state index in [0.29, 0.717) is 22.6 Å². The minimum atomic E-state index is -0.481. The summed E-state index contributed by atoms with van der Waals surface area (Å²) in [5, 5.41) is 10.5. The smallest absolute Gasteiger partial charge is 0.311 e. The van der Waals surface area contributed by atoms with Crippen LogP contribution in [0.3, 0.4) is 0 Å². The van der Waals surface area contributed by atoms with Crippen LogP contribution in [-0.4, -0.2) is 16.0 Å². The summed E-state index contributed by atoms with van der Waals surface area (Å²) in [6.07, 6.45) is 9.75. The van der Waals surface area contributed by atoms with Gasteiger partial charge in [0.25, 0.3) is 5.69 Å². The molecule has 0 saturated heterocycles. The van der Waals surface area contributed by atoms with E-state index in [1.165, 1.54) is 44.2 Å². The number of hydrogen-bond acceptors (Lipinski definition) is 6. The van der Waals surface area contributed by atoms with Crippen molar-refractivity contribution >= 4 is 28.5 Å². The summed E-state index contributed by atoms with van der Waals surface area (Å²) in [5.74, 6) is 0.159. The maximum Gasteiger partial charge on any atom is 0.311 e. The summed E-state index contributed by atoms with van der Waals surface area (Å²) in [7, 11) is 0. The zero-order chi connectivity index (χ0) is 22.5. The van der Waals surface area contributed by atoms with E-state index in [1.807, 2.05) is 0 Å². The highest BCUT2D eigenvalue weighted by Gasteiger charge is 2.11. The van der Waals surface area contributed by atoms with E-state index < -0.39 is 4.92 Å². The Morgan fingerprint density at radius 2 is 1.45 bits per heavy atom. The van der Waals surface area contributed by atoms with Crippen molar-refractivity contribution in [2.24, 2.45) is 0 Å². The van der Waals surface area contributed by atoms with Gasteiger partial charge in [-0.2, -0.15) is 0 Å². The number of non-ortho nitro benzene ring substituents is 1. The van der Waals surface area contributed by atoms with Gasteiger partial charge in [0, 0.05) is 29.0 Å².